The molecule has 2 fully saturated rings. The van der Waals surface area contributed by atoms with Crippen molar-refractivity contribution in [2.45, 2.75) is 12.0 Å². The van der Waals surface area contributed by atoms with E-state index in [1.807, 2.05) is 30.3 Å². The smallest absolute Gasteiger partial charge is 0.282 e. The minimum atomic E-state index is -3.63. The Kier molecular flexibility index (Phi) is 5.82. The normalized spacial score (nSPS) is 23.9. The lowest BCUT2D eigenvalue weighted by atomic mass is 9.94. The zero-order valence-corrected chi connectivity index (χ0v) is 16.6. The van der Waals surface area contributed by atoms with Crippen molar-refractivity contribution in [2.24, 2.45) is 0 Å². The van der Waals surface area contributed by atoms with Crippen molar-refractivity contribution in [1.82, 2.24) is 8.61 Å². The standard InChI is InChI=1S/C20H23F2N3O3S/c21-18-7-6-16(12-19(18)22)23-20-14-25(13-17(20)15-4-2-1-3-5-15)29(26,27)24-8-10-28-11-9-24/h1-7,12,17,20,23H,8-11,13-14H2. The van der Waals surface area contributed by atoms with Crippen LogP contribution in [-0.2, 0) is 14.9 Å². The molecular weight excluding hydrogens is 400 g/mol. The van der Waals surface area contributed by atoms with Crippen LogP contribution in [0.4, 0.5) is 14.5 Å². The van der Waals surface area contributed by atoms with E-state index in [-0.39, 0.29) is 18.5 Å². The fraction of sp³-hybridized carbons (Fsp3) is 0.400. The van der Waals surface area contributed by atoms with Crippen molar-refractivity contribution in [3.63, 3.8) is 0 Å². The molecule has 0 radical (unpaired) electrons. The summed E-state index contributed by atoms with van der Waals surface area (Å²) >= 11 is 0. The summed E-state index contributed by atoms with van der Waals surface area (Å²) < 4.78 is 61.3. The van der Waals surface area contributed by atoms with E-state index in [4.69, 9.17) is 4.74 Å². The van der Waals surface area contributed by atoms with Gasteiger partial charge in [0.2, 0.25) is 0 Å². The molecule has 2 unspecified atom stereocenters. The number of anilines is 1. The predicted molar refractivity (Wildman–Crippen MR) is 106 cm³/mol. The molecule has 0 aliphatic carbocycles. The summed E-state index contributed by atoms with van der Waals surface area (Å²) in [6.07, 6.45) is 0. The molecule has 2 heterocycles. The van der Waals surface area contributed by atoms with Gasteiger partial charge in [0, 0.05) is 49.9 Å². The minimum Gasteiger partial charge on any atom is -0.380 e. The number of benzene rings is 2. The van der Waals surface area contributed by atoms with Gasteiger partial charge in [0.1, 0.15) is 0 Å². The predicted octanol–water partition coefficient (Wildman–Crippen LogP) is 2.42. The molecule has 2 aliphatic heterocycles. The molecule has 0 spiro atoms. The average molecular weight is 423 g/mol. The molecule has 4 rings (SSSR count). The highest BCUT2D eigenvalue weighted by atomic mass is 32.2. The van der Waals surface area contributed by atoms with Crippen molar-refractivity contribution >= 4 is 15.9 Å². The van der Waals surface area contributed by atoms with Gasteiger partial charge in [0.05, 0.1) is 13.2 Å². The fourth-order valence-electron chi connectivity index (χ4n) is 3.88. The third-order valence-corrected chi connectivity index (χ3v) is 7.38. The third-order valence-electron chi connectivity index (χ3n) is 5.41. The van der Waals surface area contributed by atoms with Crippen molar-refractivity contribution in [3.8, 4) is 0 Å². The van der Waals surface area contributed by atoms with Gasteiger partial charge in [0.25, 0.3) is 10.2 Å². The van der Waals surface area contributed by atoms with Gasteiger partial charge in [0.15, 0.2) is 11.6 Å². The second kappa shape index (κ2) is 8.35. The molecule has 2 saturated heterocycles. The van der Waals surface area contributed by atoms with Gasteiger partial charge in [-0.1, -0.05) is 30.3 Å². The molecular formula is C20H23F2N3O3S. The number of hydrogen-bond acceptors (Lipinski definition) is 4. The summed E-state index contributed by atoms with van der Waals surface area (Å²) in [6, 6.07) is 13.0. The molecule has 1 N–H and O–H groups in total. The monoisotopic (exact) mass is 423 g/mol. The number of nitrogens with one attached hydrogen (secondary N) is 1. The Morgan fingerprint density at radius 3 is 2.34 bits per heavy atom. The topological polar surface area (TPSA) is 61.9 Å². The lowest BCUT2D eigenvalue weighted by molar-refractivity contribution is 0.0705. The molecule has 156 valence electrons. The van der Waals surface area contributed by atoms with Gasteiger partial charge >= 0.3 is 0 Å². The van der Waals surface area contributed by atoms with Crippen LogP contribution in [-0.4, -0.2) is 62.5 Å². The summed E-state index contributed by atoms with van der Waals surface area (Å²) in [5, 5.41) is 3.21. The summed E-state index contributed by atoms with van der Waals surface area (Å²) in [5.74, 6) is -1.99. The van der Waals surface area contributed by atoms with Crippen molar-refractivity contribution < 1.29 is 21.9 Å². The van der Waals surface area contributed by atoms with Crippen molar-refractivity contribution in [3.05, 3.63) is 65.7 Å². The number of hydrogen-bond donors (Lipinski definition) is 1. The molecule has 2 aliphatic rings. The quantitative estimate of drug-likeness (QED) is 0.803. The third kappa shape index (κ3) is 4.28. The SMILES string of the molecule is O=S(=O)(N1CCOCC1)N1CC(Nc2ccc(F)c(F)c2)C(c2ccccc2)C1. The maximum absolute atomic E-state index is 13.6. The van der Waals surface area contributed by atoms with Gasteiger partial charge < -0.3 is 10.1 Å². The van der Waals surface area contributed by atoms with E-state index in [0.29, 0.717) is 38.5 Å². The van der Waals surface area contributed by atoms with Crippen LogP contribution in [0.25, 0.3) is 0 Å². The minimum absolute atomic E-state index is 0.125. The summed E-state index contributed by atoms with van der Waals surface area (Å²) in [7, 11) is -3.63. The highest BCUT2D eigenvalue weighted by Gasteiger charge is 2.42. The molecule has 0 bridgehead atoms. The van der Waals surface area contributed by atoms with E-state index < -0.39 is 21.8 Å². The van der Waals surface area contributed by atoms with Crippen LogP contribution < -0.4 is 5.32 Å². The van der Waals surface area contributed by atoms with Gasteiger partial charge in [-0.15, -0.1) is 0 Å². The second-order valence-electron chi connectivity index (χ2n) is 7.23. The Bertz CT molecular complexity index is 953. The van der Waals surface area contributed by atoms with Crippen LogP contribution in [0.1, 0.15) is 11.5 Å². The Morgan fingerprint density at radius 1 is 0.931 bits per heavy atom. The molecule has 2 aromatic carbocycles. The van der Waals surface area contributed by atoms with E-state index in [2.05, 4.69) is 5.32 Å². The van der Waals surface area contributed by atoms with E-state index in [0.717, 1.165) is 17.7 Å². The average Bonchev–Trinajstić information content (AvgIpc) is 3.17. The van der Waals surface area contributed by atoms with Gasteiger partial charge in [-0.05, 0) is 17.7 Å². The first-order valence-corrected chi connectivity index (χ1v) is 10.9. The number of rotatable bonds is 5. The van der Waals surface area contributed by atoms with Crippen LogP contribution in [0.15, 0.2) is 48.5 Å². The zero-order valence-electron chi connectivity index (χ0n) is 15.8. The molecule has 9 heteroatoms. The zero-order chi connectivity index (χ0) is 20.4. The number of halogens is 2. The largest absolute Gasteiger partial charge is 0.380 e. The van der Waals surface area contributed by atoms with Gasteiger partial charge in [-0.3, -0.25) is 0 Å². The molecule has 2 atom stereocenters. The van der Waals surface area contributed by atoms with Crippen molar-refractivity contribution in [1.29, 1.82) is 0 Å². The van der Waals surface area contributed by atoms with E-state index in [1.54, 1.807) is 0 Å². The van der Waals surface area contributed by atoms with Crippen LogP contribution in [0, 0.1) is 11.6 Å². The van der Waals surface area contributed by atoms with Gasteiger partial charge in [-0.25, -0.2) is 8.78 Å². The molecule has 0 aromatic heterocycles. The van der Waals surface area contributed by atoms with Crippen molar-refractivity contribution in [2.75, 3.05) is 44.7 Å². The number of nitrogens with zero attached hydrogens (tertiary/aromatic N) is 2. The highest BCUT2D eigenvalue weighted by Crippen LogP contribution is 2.32. The van der Waals surface area contributed by atoms with Crippen LogP contribution in [0.2, 0.25) is 0 Å². The first-order valence-electron chi connectivity index (χ1n) is 9.54. The molecule has 29 heavy (non-hydrogen) atoms. The lowest BCUT2D eigenvalue weighted by Crippen LogP contribution is -2.48. The lowest BCUT2D eigenvalue weighted by Gasteiger charge is -2.30. The maximum Gasteiger partial charge on any atom is 0.282 e. The number of morpholine rings is 1. The van der Waals surface area contributed by atoms with Crippen LogP contribution in [0.5, 0.6) is 0 Å². The summed E-state index contributed by atoms with van der Waals surface area (Å²) in [6.45, 7) is 1.97. The van der Waals surface area contributed by atoms with E-state index in [1.165, 1.54) is 14.7 Å². The van der Waals surface area contributed by atoms with Gasteiger partial charge in [-0.2, -0.15) is 17.0 Å². The molecule has 2 aromatic rings. The van der Waals surface area contributed by atoms with Crippen LogP contribution >= 0.6 is 0 Å². The van der Waals surface area contributed by atoms with E-state index in [9.17, 15) is 17.2 Å². The highest BCUT2D eigenvalue weighted by molar-refractivity contribution is 7.86. The summed E-state index contributed by atoms with van der Waals surface area (Å²) in [5.41, 5.74) is 1.41. The summed E-state index contributed by atoms with van der Waals surface area (Å²) in [4.78, 5) is 0. The maximum atomic E-state index is 13.6. The number of ether oxygens (including phenoxy) is 1. The second-order valence-corrected chi connectivity index (χ2v) is 9.16. The Morgan fingerprint density at radius 2 is 1.66 bits per heavy atom. The molecule has 0 saturated carbocycles. The molecule has 6 nitrogen and oxygen atoms in total. The van der Waals surface area contributed by atoms with E-state index >= 15 is 0 Å². The first-order chi connectivity index (χ1) is 13.9. The Hall–Kier alpha value is -2.07. The molecule has 0 amide bonds. The Balaban J connectivity index is 1.60. The Labute approximate surface area is 169 Å². The first kappa shape index (κ1) is 20.2. The van der Waals surface area contributed by atoms with Crippen LogP contribution in [0.3, 0.4) is 0 Å². The fourth-order valence-corrected chi connectivity index (χ4v) is 5.52.